The van der Waals surface area contributed by atoms with Crippen LogP contribution >= 0.6 is 0 Å². The van der Waals surface area contributed by atoms with Gasteiger partial charge in [-0.1, -0.05) is 95.4 Å². The Bertz CT molecular complexity index is 984. The maximum absolute atomic E-state index is 10.4. The Morgan fingerprint density at radius 3 is 2.00 bits per heavy atom. The Morgan fingerprint density at radius 2 is 1.39 bits per heavy atom. The molecule has 0 fully saturated rings. The number of hydrogen-bond donors (Lipinski definition) is 2. The van der Waals surface area contributed by atoms with Gasteiger partial charge in [0.05, 0.1) is 17.5 Å². The van der Waals surface area contributed by atoms with Crippen LogP contribution in [0.1, 0.15) is 114 Å². The summed E-state index contributed by atoms with van der Waals surface area (Å²) in [5, 5.41) is 38.8. The fraction of sp³-hybridized carbons (Fsp3) is 0.606. The van der Waals surface area contributed by atoms with E-state index in [0.717, 1.165) is 62.5 Å². The topological polar surface area (TPSA) is 89.0 Å². The van der Waals surface area contributed by atoms with Crippen molar-refractivity contribution in [1.29, 1.82) is 5.26 Å². The fourth-order valence-electron chi connectivity index (χ4n) is 5.42. The van der Waals surface area contributed by atoms with Crippen molar-refractivity contribution < 1.29 is 10.2 Å². The van der Waals surface area contributed by atoms with E-state index in [1.807, 2.05) is 24.3 Å². The predicted octanol–water partition coefficient (Wildman–Crippen LogP) is 9.42. The highest BCUT2D eigenvalue weighted by Gasteiger charge is 2.32. The molecule has 2 unspecified atom stereocenters. The minimum atomic E-state index is -0.599. The Morgan fingerprint density at radius 1 is 0.789 bits per heavy atom. The Labute approximate surface area is 231 Å². The molecule has 0 saturated carbocycles. The molecule has 0 radical (unpaired) electrons. The maximum atomic E-state index is 10.4. The van der Waals surface area contributed by atoms with Crippen molar-refractivity contribution in [3.05, 3.63) is 59.7 Å². The Kier molecular flexibility index (Phi) is 15.2. The van der Waals surface area contributed by atoms with Crippen LogP contribution in [0.15, 0.2) is 58.8 Å². The van der Waals surface area contributed by atoms with E-state index in [9.17, 15) is 15.5 Å². The summed E-state index contributed by atoms with van der Waals surface area (Å²) in [6.45, 7) is 2.26. The molecule has 2 aromatic carbocycles. The van der Waals surface area contributed by atoms with Crippen molar-refractivity contribution in [2.75, 3.05) is 7.05 Å². The molecular formula is C33H49N3O2. The molecular weight excluding hydrogens is 470 g/mol. The third-order valence-corrected chi connectivity index (χ3v) is 7.67. The van der Waals surface area contributed by atoms with E-state index < -0.39 is 5.41 Å². The second kappa shape index (κ2) is 18.4. The van der Waals surface area contributed by atoms with Crippen molar-refractivity contribution in [2.45, 2.75) is 121 Å². The van der Waals surface area contributed by atoms with Crippen molar-refractivity contribution >= 4 is 0 Å². The lowest BCUT2D eigenvalue weighted by Crippen LogP contribution is -2.25. The molecule has 0 spiro atoms. The quantitative estimate of drug-likeness (QED) is 0.135. The summed E-state index contributed by atoms with van der Waals surface area (Å²) >= 11 is 0. The molecule has 0 amide bonds. The lowest BCUT2D eigenvalue weighted by molar-refractivity contribution is 0.397. The number of hydrogen-bond acceptors (Lipinski definition) is 5. The van der Waals surface area contributed by atoms with Gasteiger partial charge < -0.3 is 10.2 Å². The number of nitriles is 1. The van der Waals surface area contributed by atoms with Crippen molar-refractivity contribution in [3.8, 4) is 17.6 Å². The minimum Gasteiger partial charge on any atom is -0.508 e. The fourth-order valence-corrected chi connectivity index (χ4v) is 5.42. The number of rotatable bonds is 20. The van der Waals surface area contributed by atoms with Crippen LogP contribution in [-0.2, 0) is 11.8 Å². The van der Waals surface area contributed by atoms with Gasteiger partial charge in [-0.05, 0) is 73.9 Å². The smallest absolute Gasteiger partial charge is 0.115 e. The molecule has 38 heavy (non-hydrogen) atoms. The van der Waals surface area contributed by atoms with E-state index in [1.165, 1.54) is 51.4 Å². The summed E-state index contributed by atoms with van der Waals surface area (Å²) in [5.41, 5.74) is 1.41. The molecule has 0 bridgehead atoms. The third kappa shape index (κ3) is 11.7. The van der Waals surface area contributed by atoms with Gasteiger partial charge in [-0.25, -0.2) is 0 Å². The molecule has 0 aliphatic heterocycles. The molecule has 0 saturated heterocycles. The summed E-state index contributed by atoms with van der Waals surface area (Å²) in [5.74, 6) is 0.502. The molecule has 2 N–H and O–H groups in total. The first kappa shape index (κ1) is 31.3. The zero-order valence-corrected chi connectivity index (χ0v) is 23.7. The van der Waals surface area contributed by atoms with Crippen LogP contribution in [0, 0.1) is 11.3 Å². The van der Waals surface area contributed by atoms with Crippen LogP contribution in [0.3, 0.4) is 0 Å². The Balaban J connectivity index is 1.91. The van der Waals surface area contributed by atoms with Crippen molar-refractivity contribution in [1.82, 2.24) is 0 Å². The number of nitrogens with zero attached hydrogens (tertiary/aromatic N) is 3. The summed E-state index contributed by atoms with van der Waals surface area (Å²) < 4.78 is 0. The number of phenolic OH excluding ortho intramolecular Hbond substituents is 2. The number of aryl methyl sites for hydroxylation is 1. The lowest BCUT2D eigenvalue weighted by Gasteiger charge is -2.28. The minimum absolute atomic E-state index is 0.0836. The van der Waals surface area contributed by atoms with Gasteiger partial charge in [0.15, 0.2) is 0 Å². The van der Waals surface area contributed by atoms with Gasteiger partial charge in [0.2, 0.25) is 0 Å². The van der Waals surface area contributed by atoms with Crippen LogP contribution < -0.4 is 0 Å². The summed E-state index contributed by atoms with van der Waals surface area (Å²) in [7, 11) is 1.71. The first-order valence-corrected chi connectivity index (χ1v) is 14.8. The van der Waals surface area contributed by atoms with Gasteiger partial charge in [0.1, 0.15) is 11.5 Å². The summed E-state index contributed by atoms with van der Waals surface area (Å²) in [6, 6.07) is 17.4. The first-order valence-electron chi connectivity index (χ1n) is 14.8. The second-order valence-corrected chi connectivity index (χ2v) is 10.7. The Hall–Kier alpha value is -2.87. The zero-order valence-electron chi connectivity index (χ0n) is 23.7. The van der Waals surface area contributed by atoms with E-state index in [2.05, 4.69) is 23.2 Å². The van der Waals surface area contributed by atoms with E-state index >= 15 is 0 Å². The van der Waals surface area contributed by atoms with E-state index in [1.54, 1.807) is 31.3 Å². The molecule has 2 aromatic rings. The van der Waals surface area contributed by atoms with Gasteiger partial charge in [0.25, 0.3) is 0 Å². The monoisotopic (exact) mass is 519 g/mol. The second-order valence-electron chi connectivity index (χ2n) is 10.7. The molecule has 0 aliphatic rings. The number of azo groups is 1. The van der Waals surface area contributed by atoms with Gasteiger partial charge >= 0.3 is 0 Å². The van der Waals surface area contributed by atoms with Gasteiger partial charge in [-0.15, -0.1) is 0 Å². The lowest BCUT2D eigenvalue weighted by atomic mass is 9.73. The van der Waals surface area contributed by atoms with Crippen LogP contribution in [-0.4, -0.2) is 23.3 Å². The van der Waals surface area contributed by atoms with Crippen molar-refractivity contribution in [3.63, 3.8) is 0 Å². The number of phenols is 2. The van der Waals surface area contributed by atoms with Crippen LogP contribution in [0.25, 0.3) is 0 Å². The predicted molar refractivity (Wildman–Crippen MR) is 157 cm³/mol. The molecule has 2 rings (SSSR count). The average molecular weight is 520 g/mol. The average Bonchev–Trinajstić information content (AvgIpc) is 2.92. The van der Waals surface area contributed by atoms with Crippen molar-refractivity contribution in [2.24, 2.45) is 10.2 Å². The van der Waals surface area contributed by atoms with Gasteiger partial charge in [0, 0.05) is 7.05 Å². The van der Waals surface area contributed by atoms with E-state index in [4.69, 9.17) is 0 Å². The van der Waals surface area contributed by atoms with Crippen LogP contribution in [0.2, 0.25) is 0 Å². The molecule has 0 heterocycles. The zero-order chi connectivity index (χ0) is 27.5. The maximum Gasteiger partial charge on any atom is 0.115 e. The van der Waals surface area contributed by atoms with Crippen LogP contribution in [0.5, 0.6) is 11.5 Å². The van der Waals surface area contributed by atoms with E-state index in [0.29, 0.717) is 0 Å². The van der Waals surface area contributed by atoms with Gasteiger partial charge in [-0.2, -0.15) is 15.5 Å². The number of benzene rings is 2. The van der Waals surface area contributed by atoms with Crippen LogP contribution in [0.4, 0.5) is 0 Å². The molecule has 5 heteroatoms. The van der Waals surface area contributed by atoms with Gasteiger partial charge in [-0.3, -0.25) is 0 Å². The molecule has 208 valence electrons. The SMILES string of the molecule is CCCCCCCCCCCCC(C#N)(CCCC(CCc1cccc(O)c1)N=NC)c1cccc(O)c1. The largest absolute Gasteiger partial charge is 0.508 e. The number of unbranched alkanes of at least 4 members (excludes halogenated alkanes) is 9. The standard InChI is InChI=1S/C33H49N3O2/c1-3-4-5-6-7-8-9-10-11-12-23-33(27-34,29-17-14-20-32(38)26-29)24-15-18-30(36-35-2)22-21-28-16-13-19-31(37)25-28/h13-14,16-17,19-20,25-26,30,37-38H,3-12,15,18,21-24H2,1-2H3. The molecule has 2 atom stereocenters. The summed E-state index contributed by atoms with van der Waals surface area (Å²) in [6.07, 6.45) is 17.6. The highest BCUT2D eigenvalue weighted by molar-refractivity contribution is 5.37. The first-order chi connectivity index (χ1) is 18.5. The number of aromatic hydroxyl groups is 2. The van der Waals surface area contributed by atoms with E-state index in [-0.39, 0.29) is 17.5 Å². The normalized spacial score (nSPS) is 13.8. The molecule has 0 aliphatic carbocycles. The third-order valence-electron chi connectivity index (χ3n) is 7.67. The summed E-state index contributed by atoms with van der Waals surface area (Å²) in [4.78, 5) is 0. The highest BCUT2D eigenvalue weighted by atomic mass is 16.3. The molecule has 5 nitrogen and oxygen atoms in total. The molecule has 0 aromatic heterocycles. The highest BCUT2D eigenvalue weighted by Crippen LogP contribution is 2.37.